The molecule has 3 aromatic carbocycles. The van der Waals surface area contributed by atoms with Crippen molar-refractivity contribution in [1.82, 2.24) is 15.5 Å². The van der Waals surface area contributed by atoms with Gasteiger partial charge in [-0.05, 0) is 105 Å². The van der Waals surface area contributed by atoms with Gasteiger partial charge >= 0.3 is 6.18 Å². The number of piperidine rings is 1. The number of benzene rings is 3. The number of carbonyl (C=O) groups excluding carboxylic acids is 2. The van der Waals surface area contributed by atoms with Gasteiger partial charge in [0.25, 0.3) is 5.91 Å². The highest BCUT2D eigenvalue weighted by Gasteiger charge is 2.30. The summed E-state index contributed by atoms with van der Waals surface area (Å²) in [6, 6.07) is 18.3. The first-order valence-corrected chi connectivity index (χ1v) is 15.2. The molecule has 0 spiro atoms. The second-order valence-electron chi connectivity index (χ2n) is 11.5. The van der Waals surface area contributed by atoms with Crippen molar-refractivity contribution in [3.05, 3.63) is 94.5 Å². The second kappa shape index (κ2) is 15.2. The Kier molecular flexibility index (Phi) is 11.4. The molecule has 0 bridgehead atoms. The van der Waals surface area contributed by atoms with Crippen LogP contribution in [0.1, 0.15) is 71.1 Å². The SMILES string of the molecule is Cc1cccc(C)c1CCCC(=O)NCCCCN1CCC(NC(=O)c2ccccc2-c2ccc(C(F)(F)F)cc2)CC1. The number of hydrogen-bond donors (Lipinski definition) is 2. The van der Waals surface area contributed by atoms with Crippen molar-refractivity contribution in [3.8, 4) is 11.1 Å². The number of rotatable bonds is 12. The predicted octanol–water partition coefficient (Wildman–Crippen LogP) is 7.10. The number of halogens is 3. The monoisotopic (exact) mass is 593 g/mol. The molecule has 0 unspecified atom stereocenters. The molecule has 0 atom stereocenters. The third-order valence-electron chi connectivity index (χ3n) is 8.32. The van der Waals surface area contributed by atoms with Gasteiger partial charge in [0.15, 0.2) is 0 Å². The summed E-state index contributed by atoms with van der Waals surface area (Å²) in [5.74, 6) is -0.0959. The third-order valence-corrected chi connectivity index (χ3v) is 8.32. The largest absolute Gasteiger partial charge is 0.416 e. The van der Waals surface area contributed by atoms with Crippen LogP contribution in [0.4, 0.5) is 13.2 Å². The molecule has 1 saturated heterocycles. The molecule has 3 aromatic rings. The van der Waals surface area contributed by atoms with Crippen LogP contribution in [0.5, 0.6) is 0 Å². The molecule has 5 nitrogen and oxygen atoms in total. The van der Waals surface area contributed by atoms with Crippen LogP contribution >= 0.6 is 0 Å². The highest BCUT2D eigenvalue weighted by Crippen LogP contribution is 2.32. The van der Waals surface area contributed by atoms with E-state index in [9.17, 15) is 22.8 Å². The Morgan fingerprint density at radius 3 is 2.21 bits per heavy atom. The summed E-state index contributed by atoms with van der Waals surface area (Å²) in [5, 5.41) is 6.18. The molecule has 8 heteroatoms. The molecule has 43 heavy (non-hydrogen) atoms. The van der Waals surface area contributed by atoms with Crippen molar-refractivity contribution in [2.45, 2.75) is 71.0 Å². The lowest BCUT2D eigenvalue weighted by Gasteiger charge is -2.32. The molecular formula is C35H42F3N3O2. The average molecular weight is 594 g/mol. The van der Waals surface area contributed by atoms with Gasteiger partial charge in [-0.3, -0.25) is 9.59 Å². The average Bonchev–Trinajstić information content (AvgIpc) is 2.99. The Balaban J connectivity index is 1.13. The molecule has 0 saturated carbocycles. The molecule has 1 fully saturated rings. The summed E-state index contributed by atoms with van der Waals surface area (Å²) in [6.07, 6.45) is 1.53. The molecule has 0 radical (unpaired) electrons. The Bertz CT molecular complexity index is 1340. The lowest BCUT2D eigenvalue weighted by molar-refractivity contribution is -0.137. The number of unbranched alkanes of at least 4 members (excludes halogenated alkanes) is 1. The van der Waals surface area contributed by atoms with Crippen molar-refractivity contribution >= 4 is 11.8 Å². The highest BCUT2D eigenvalue weighted by molar-refractivity contribution is 6.01. The zero-order valence-corrected chi connectivity index (χ0v) is 25.1. The van der Waals surface area contributed by atoms with E-state index in [1.54, 1.807) is 24.3 Å². The van der Waals surface area contributed by atoms with Crippen molar-refractivity contribution < 1.29 is 22.8 Å². The van der Waals surface area contributed by atoms with Crippen LogP contribution in [0.25, 0.3) is 11.1 Å². The summed E-state index contributed by atoms with van der Waals surface area (Å²) in [7, 11) is 0. The number of likely N-dealkylation sites (tertiary alicyclic amines) is 1. The van der Waals surface area contributed by atoms with Crippen LogP contribution in [-0.2, 0) is 17.4 Å². The van der Waals surface area contributed by atoms with Crippen LogP contribution < -0.4 is 10.6 Å². The number of aryl methyl sites for hydroxylation is 2. The molecule has 2 N–H and O–H groups in total. The van der Waals surface area contributed by atoms with Crippen LogP contribution in [0.3, 0.4) is 0 Å². The lowest BCUT2D eigenvalue weighted by atomic mass is 9.97. The first-order chi connectivity index (χ1) is 20.6. The fraction of sp³-hybridized carbons (Fsp3) is 0.429. The van der Waals surface area contributed by atoms with E-state index in [2.05, 4.69) is 47.6 Å². The summed E-state index contributed by atoms with van der Waals surface area (Å²) < 4.78 is 38.9. The summed E-state index contributed by atoms with van der Waals surface area (Å²) in [5.41, 5.74) is 4.84. The van der Waals surface area contributed by atoms with Gasteiger partial charge in [0.1, 0.15) is 0 Å². The fourth-order valence-electron chi connectivity index (χ4n) is 5.78. The number of nitrogens with zero attached hydrogens (tertiary/aromatic N) is 1. The van der Waals surface area contributed by atoms with Gasteiger partial charge < -0.3 is 15.5 Å². The molecule has 2 amide bonds. The molecule has 230 valence electrons. The van der Waals surface area contributed by atoms with E-state index in [0.717, 1.165) is 70.3 Å². The van der Waals surface area contributed by atoms with Crippen molar-refractivity contribution in [1.29, 1.82) is 0 Å². The molecular weight excluding hydrogens is 551 g/mol. The minimum absolute atomic E-state index is 0.0483. The zero-order chi connectivity index (χ0) is 30.8. The van der Waals surface area contributed by atoms with E-state index in [4.69, 9.17) is 0 Å². The maximum atomic E-state index is 13.1. The van der Waals surface area contributed by atoms with Crippen molar-refractivity contribution in [2.75, 3.05) is 26.2 Å². The van der Waals surface area contributed by atoms with Gasteiger partial charge in [-0.25, -0.2) is 0 Å². The standard InChI is InChI=1S/C35H42F3N3O2/c1-25-9-7-10-26(2)30(25)13-8-14-33(42)39-21-5-6-22-41-23-19-29(20-24-41)40-34(43)32-12-4-3-11-31(32)27-15-17-28(18-16-27)35(36,37)38/h3-4,7,9-12,15-18,29H,5-6,8,13-14,19-24H2,1-2H3,(H,39,42)(H,40,43). The van der Waals surface area contributed by atoms with E-state index >= 15 is 0 Å². The minimum atomic E-state index is -4.40. The quantitative estimate of drug-likeness (QED) is 0.220. The van der Waals surface area contributed by atoms with Crippen molar-refractivity contribution in [3.63, 3.8) is 0 Å². The Labute approximate surface area is 252 Å². The Hall–Kier alpha value is -3.65. The van der Waals surface area contributed by atoms with E-state index in [-0.39, 0.29) is 17.9 Å². The van der Waals surface area contributed by atoms with Gasteiger partial charge in [0.05, 0.1) is 5.56 Å². The maximum absolute atomic E-state index is 13.1. The number of amides is 2. The third kappa shape index (κ3) is 9.42. The lowest BCUT2D eigenvalue weighted by Crippen LogP contribution is -2.45. The first-order valence-electron chi connectivity index (χ1n) is 15.2. The highest BCUT2D eigenvalue weighted by atomic mass is 19.4. The number of nitrogens with one attached hydrogen (secondary N) is 2. The van der Waals surface area contributed by atoms with Gasteiger partial charge in [0, 0.05) is 37.7 Å². The molecule has 1 aliphatic rings. The maximum Gasteiger partial charge on any atom is 0.416 e. The van der Waals surface area contributed by atoms with E-state index in [1.165, 1.54) is 28.8 Å². The Morgan fingerprint density at radius 1 is 0.860 bits per heavy atom. The second-order valence-corrected chi connectivity index (χ2v) is 11.5. The first kappa shape index (κ1) is 32.3. The summed E-state index contributed by atoms with van der Waals surface area (Å²) >= 11 is 0. The number of carbonyl (C=O) groups is 2. The van der Waals surface area contributed by atoms with Gasteiger partial charge in [0.2, 0.25) is 5.91 Å². The van der Waals surface area contributed by atoms with Crippen LogP contribution in [0.2, 0.25) is 0 Å². The normalized spacial score (nSPS) is 14.4. The summed E-state index contributed by atoms with van der Waals surface area (Å²) in [6.45, 7) is 7.66. The number of hydrogen-bond acceptors (Lipinski definition) is 3. The molecule has 1 aliphatic heterocycles. The smallest absolute Gasteiger partial charge is 0.356 e. The van der Waals surface area contributed by atoms with E-state index < -0.39 is 11.7 Å². The van der Waals surface area contributed by atoms with E-state index in [0.29, 0.717) is 29.7 Å². The molecule has 4 rings (SSSR count). The van der Waals surface area contributed by atoms with Crippen molar-refractivity contribution in [2.24, 2.45) is 0 Å². The van der Waals surface area contributed by atoms with Crippen LogP contribution in [0.15, 0.2) is 66.7 Å². The Morgan fingerprint density at radius 2 is 1.53 bits per heavy atom. The molecule has 0 aromatic heterocycles. The topological polar surface area (TPSA) is 61.4 Å². The van der Waals surface area contributed by atoms with Gasteiger partial charge in [-0.1, -0.05) is 48.5 Å². The predicted molar refractivity (Wildman–Crippen MR) is 165 cm³/mol. The summed E-state index contributed by atoms with van der Waals surface area (Å²) in [4.78, 5) is 27.8. The fourth-order valence-corrected chi connectivity index (χ4v) is 5.78. The van der Waals surface area contributed by atoms with E-state index in [1.807, 2.05) is 0 Å². The minimum Gasteiger partial charge on any atom is -0.356 e. The van der Waals surface area contributed by atoms with Crippen LogP contribution in [0, 0.1) is 13.8 Å². The number of alkyl halides is 3. The molecule has 1 heterocycles. The molecule has 0 aliphatic carbocycles. The van der Waals surface area contributed by atoms with Gasteiger partial charge in [-0.15, -0.1) is 0 Å². The van der Waals surface area contributed by atoms with Crippen LogP contribution in [-0.4, -0.2) is 48.9 Å². The van der Waals surface area contributed by atoms with Gasteiger partial charge in [-0.2, -0.15) is 13.2 Å². The zero-order valence-electron chi connectivity index (χ0n) is 25.1.